The molecule has 5 aliphatic rings. The van der Waals surface area contributed by atoms with Crippen molar-refractivity contribution in [3.8, 4) is 22.3 Å². The zero-order valence-corrected chi connectivity index (χ0v) is 34.3. The SMILES string of the molecule is CC1(C)c2ccccc2-c2cc(-c3ccc(C4CCCCC4)cc3)c(N(c3ccc(C4CCCCC4)cc3)c3ccc(C4CC5CCC4C5)c4ccccc34)cc21. The second-order valence-electron chi connectivity index (χ2n) is 19.3. The monoisotopic (exact) mass is 745 g/mol. The molecule has 1 nitrogen and oxygen atoms in total. The Hall–Kier alpha value is -4.62. The average molecular weight is 746 g/mol. The first-order chi connectivity index (χ1) is 28.0. The van der Waals surface area contributed by atoms with E-state index in [9.17, 15) is 0 Å². The number of anilines is 3. The summed E-state index contributed by atoms with van der Waals surface area (Å²) in [5.74, 6) is 3.82. The van der Waals surface area contributed by atoms with Crippen molar-refractivity contribution < 1.29 is 0 Å². The van der Waals surface area contributed by atoms with Crippen LogP contribution in [0.1, 0.15) is 149 Å². The summed E-state index contributed by atoms with van der Waals surface area (Å²) >= 11 is 0. The highest BCUT2D eigenvalue weighted by Crippen LogP contribution is 2.57. The second kappa shape index (κ2) is 14.3. The van der Waals surface area contributed by atoms with Crippen LogP contribution in [-0.4, -0.2) is 0 Å². The zero-order chi connectivity index (χ0) is 38.1. The fourth-order valence-electron chi connectivity index (χ4n) is 12.7. The van der Waals surface area contributed by atoms with E-state index in [2.05, 4.69) is 140 Å². The van der Waals surface area contributed by atoms with Gasteiger partial charge < -0.3 is 4.90 Å². The predicted octanol–water partition coefficient (Wildman–Crippen LogP) is 16.3. The van der Waals surface area contributed by atoms with Gasteiger partial charge in [-0.05, 0) is 155 Å². The molecule has 57 heavy (non-hydrogen) atoms. The minimum atomic E-state index is -0.103. The van der Waals surface area contributed by atoms with Crippen LogP contribution in [0.3, 0.4) is 0 Å². The number of nitrogens with zero attached hydrogens (tertiary/aromatic N) is 1. The van der Waals surface area contributed by atoms with Crippen molar-refractivity contribution in [1.82, 2.24) is 0 Å². The predicted molar refractivity (Wildman–Crippen MR) is 241 cm³/mol. The van der Waals surface area contributed by atoms with Crippen LogP contribution in [0.5, 0.6) is 0 Å². The summed E-state index contributed by atoms with van der Waals surface area (Å²) in [7, 11) is 0. The minimum absolute atomic E-state index is 0.103. The fraction of sp³-hybridized carbons (Fsp3) is 0.393. The summed E-state index contributed by atoms with van der Waals surface area (Å²) in [4.78, 5) is 2.65. The van der Waals surface area contributed by atoms with Crippen LogP contribution in [0.4, 0.5) is 17.1 Å². The van der Waals surface area contributed by atoms with Crippen LogP contribution in [0.15, 0.2) is 121 Å². The topological polar surface area (TPSA) is 3.24 Å². The molecule has 3 unspecified atom stereocenters. The number of benzene rings is 6. The Balaban J connectivity index is 1.13. The first kappa shape index (κ1) is 35.5. The summed E-state index contributed by atoms with van der Waals surface area (Å²) in [6, 6.07) is 48.4. The lowest BCUT2D eigenvalue weighted by Crippen LogP contribution is -2.17. The fourth-order valence-corrected chi connectivity index (χ4v) is 12.7. The maximum Gasteiger partial charge on any atom is 0.0543 e. The van der Waals surface area contributed by atoms with Crippen LogP contribution in [-0.2, 0) is 5.41 Å². The van der Waals surface area contributed by atoms with Gasteiger partial charge in [-0.3, -0.25) is 0 Å². The van der Waals surface area contributed by atoms with E-state index in [4.69, 9.17) is 0 Å². The van der Waals surface area contributed by atoms with Crippen LogP contribution in [0, 0.1) is 11.8 Å². The Morgan fingerprint density at radius 1 is 0.491 bits per heavy atom. The van der Waals surface area contributed by atoms with Gasteiger partial charge in [0.15, 0.2) is 0 Å². The maximum atomic E-state index is 2.65. The first-order valence-electron chi connectivity index (χ1n) is 22.8. The van der Waals surface area contributed by atoms with E-state index < -0.39 is 0 Å². The van der Waals surface area contributed by atoms with E-state index in [1.807, 2.05) is 0 Å². The molecule has 6 aromatic rings. The van der Waals surface area contributed by atoms with E-state index in [1.54, 1.807) is 5.56 Å². The third kappa shape index (κ3) is 6.09. The van der Waals surface area contributed by atoms with Gasteiger partial charge in [0.2, 0.25) is 0 Å². The van der Waals surface area contributed by atoms with Crippen molar-refractivity contribution in [2.75, 3.05) is 4.90 Å². The van der Waals surface area contributed by atoms with Gasteiger partial charge in [0.05, 0.1) is 11.4 Å². The van der Waals surface area contributed by atoms with Crippen molar-refractivity contribution in [2.45, 2.75) is 127 Å². The smallest absolute Gasteiger partial charge is 0.0543 e. The van der Waals surface area contributed by atoms with Gasteiger partial charge in [0, 0.05) is 22.1 Å². The van der Waals surface area contributed by atoms with E-state index in [1.165, 1.54) is 162 Å². The Morgan fingerprint density at radius 3 is 1.81 bits per heavy atom. The molecule has 0 saturated heterocycles. The standard InChI is InChI=1S/C56H59N/c1-56(2)52-20-12-11-18-47(52)51-35-50(42-25-23-40(24-26-42)38-13-5-3-6-14-38)55(36-53(51)56)57(44-29-27-41(28-30-44)39-15-7-4-8-16-39)54-32-31-46(45-17-9-10-19-48(45)54)49-34-37-21-22-43(49)33-37/h9-12,17-20,23-32,35-39,43,49H,3-8,13-16,21-22,33-34H2,1-2H3. The van der Waals surface area contributed by atoms with E-state index in [0.29, 0.717) is 17.8 Å². The largest absolute Gasteiger partial charge is 0.309 e. The summed E-state index contributed by atoms with van der Waals surface area (Å²) in [6.07, 6.45) is 19.1. The van der Waals surface area contributed by atoms with Crippen molar-refractivity contribution in [2.24, 2.45) is 11.8 Å². The first-order valence-corrected chi connectivity index (χ1v) is 22.8. The van der Waals surface area contributed by atoms with E-state index in [-0.39, 0.29) is 5.41 Å². The zero-order valence-electron chi connectivity index (χ0n) is 34.3. The second-order valence-corrected chi connectivity index (χ2v) is 19.3. The highest BCUT2D eigenvalue weighted by Gasteiger charge is 2.41. The molecule has 0 N–H and O–H groups in total. The summed E-state index contributed by atoms with van der Waals surface area (Å²) in [5.41, 5.74) is 16.6. The molecule has 0 amide bonds. The molecule has 5 aliphatic carbocycles. The lowest BCUT2D eigenvalue weighted by molar-refractivity contribution is 0.422. The highest BCUT2D eigenvalue weighted by molar-refractivity contribution is 6.03. The van der Waals surface area contributed by atoms with Gasteiger partial charge in [-0.2, -0.15) is 0 Å². The van der Waals surface area contributed by atoms with Crippen molar-refractivity contribution in [3.05, 3.63) is 149 Å². The van der Waals surface area contributed by atoms with Crippen LogP contribution in [0.2, 0.25) is 0 Å². The Bertz CT molecular complexity index is 2420. The lowest BCUT2D eigenvalue weighted by atomic mass is 9.80. The van der Waals surface area contributed by atoms with Gasteiger partial charge in [-0.15, -0.1) is 0 Å². The number of fused-ring (bicyclic) bond motifs is 6. The average Bonchev–Trinajstić information content (AvgIpc) is 3.97. The third-order valence-electron chi connectivity index (χ3n) is 15.8. The molecule has 1 heteroatoms. The minimum Gasteiger partial charge on any atom is -0.309 e. The van der Waals surface area contributed by atoms with Gasteiger partial charge in [0.1, 0.15) is 0 Å². The molecule has 0 aliphatic heterocycles. The molecular weight excluding hydrogens is 687 g/mol. The molecule has 4 saturated carbocycles. The Morgan fingerprint density at radius 2 is 1.14 bits per heavy atom. The summed E-state index contributed by atoms with van der Waals surface area (Å²) in [5, 5.41) is 2.82. The molecule has 3 atom stereocenters. The number of rotatable bonds is 7. The molecule has 0 aromatic heterocycles. The van der Waals surface area contributed by atoms with Crippen molar-refractivity contribution >= 4 is 27.8 Å². The van der Waals surface area contributed by atoms with Gasteiger partial charge >= 0.3 is 0 Å². The highest BCUT2D eigenvalue weighted by atomic mass is 15.1. The maximum absolute atomic E-state index is 2.65. The molecule has 0 radical (unpaired) electrons. The Kier molecular flexibility index (Phi) is 8.94. The molecular formula is C56H59N. The lowest BCUT2D eigenvalue weighted by Gasteiger charge is -2.33. The molecule has 4 fully saturated rings. The molecule has 2 bridgehead atoms. The van der Waals surface area contributed by atoms with E-state index >= 15 is 0 Å². The van der Waals surface area contributed by atoms with E-state index in [0.717, 1.165) is 11.8 Å². The molecule has 0 spiro atoms. The molecule has 6 aromatic carbocycles. The van der Waals surface area contributed by atoms with Gasteiger partial charge in [-0.25, -0.2) is 0 Å². The van der Waals surface area contributed by atoms with Crippen molar-refractivity contribution in [3.63, 3.8) is 0 Å². The van der Waals surface area contributed by atoms with Gasteiger partial charge in [0.25, 0.3) is 0 Å². The van der Waals surface area contributed by atoms with Crippen LogP contribution >= 0.6 is 0 Å². The Labute approximate surface area is 341 Å². The van der Waals surface area contributed by atoms with Crippen molar-refractivity contribution in [1.29, 1.82) is 0 Å². The third-order valence-corrected chi connectivity index (χ3v) is 15.8. The number of hydrogen-bond donors (Lipinski definition) is 0. The summed E-state index contributed by atoms with van der Waals surface area (Å²) in [6.45, 7) is 4.87. The summed E-state index contributed by atoms with van der Waals surface area (Å²) < 4.78 is 0. The normalized spacial score (nSPS) is 22.8. The van der Waals surface area contributed by atoms with Gasteiger partial charge in [-0.1, -0.05) is 150 Å². The van der Waals surface area contributed by atoms with Crippen LogP contribution in [0.25, 0.3) is 33.0 Å². The molecule has 0 heterocycles. The number of hydrogen-bond acceptors (Lipinski definition) is 1. The van der Waals surface area contributed by atoms with Crippen LogP contribution < -0.4 is 4.90 Å². The quantitative estimate of drug-likeness (QED) is 0.157. The molecule has 288 valence electrons. The molecule has 11 rings (SSSR count).